The van der Waals surface area contributed by atoms with Crippen LogP contribution < -0.4 is 9.64 Å². The van der Waals surface area contributed by atoms with Crippen molar-refractivity contribution in [3.63, 3.8) is 0 Å². The molecule has 0 saturated heterocycles. The van der Waals surface area contributed by atoms with Gasteiger partial charge in [0, 0.05) is 29.9 Å². The second-order valence-electron chi connectivity index (χ2n) is 5.97. The van der Waals surface area contributed by atoms with Crippen molar-refractivity contribution in [3.05, 3.63) is 54.4 Å². The smallest absolute Gasteiger partial charge is 0.265 e. The molecule has 0 spiro atoms. The van der Waals surface area contributed by atoms with E-state index in [9.17, 15) is 4.79 Å². The molecular formula is C19H14N2O2. The molecule has 0 fully saturated rings. The highest BCUT2D eigenvalue weighted by Crippen LogP contribution is 2.43. The SMILES string of the molecule is O=C1COc2cc(-c3cncc4ccccc34)cc3c2N1CC3. The standard InChI is InChI=1S/C19H14N2O2/c22-18-11-23-17-8-14(7-12-5-6-21(18)19(12)17)16-10-20-9-13-3-1-2-4-15(13)16/h1-4,7-10H,5-6,11H2. The third-order valence-electron chi connectivity index (χ3n) is 4.66. The molecule has 3 aromatic rings. The Morgan fingerprint density at radius 1 is 1.13 bits per heavy atom. The van der Waals surface area contributed by atoms with E-state index in [0.717, 1.165) is 40.9 Å². The largest absolute Gasteiger partial charge is 0.482 e. The van der Waals surface area contributed by atoms with E-state index in [-0.39, 0.29) is 12.5 Å². The number of pyridine rings is 1. The summed E-state index contributed by atoms with van der Waals surface area (Å²) < 4.78 is 5.69. The number of fused-ring (bicyclic) bond motifs is 1. The molecule has 0 radical (unpaired) electrons. The van der Waals surface area contributed by atoms with Gasteiger partial charge in [-0.05, 0) is 35.1 Å². The molecule has 2 aliphatic rings. The molecule has 0 atom stereocenters. The highest BCUT2D eigenvalue weighted by Gasteiger charge is 2.33. The first-order valence-corrected chi connectivity index (χ1v) is 7.74. The fraction of sp³-hybridized carbons (Fsp3) is 0.158. The van der Waals surface area contributed by atoms with Gasteiger partial charge < -0.3 is 9.64 Å². The third kappa shape index (κ3) is 1.78. The summed E-state index contributed by atoms with van der Waals surface area (Å²) >= 11 is 0. The quantitative estimate of drug-likeness (QED) is 0.693. The Hall–Kier alpha value is -2.88. The van der Waals surface area contributed by atoms with Crippen molar-refractivity contribution in [3.8, 4) is 16.9 Å². The van der Waals surface area contributed by atoms with Crippen LogP contribution in [0.1, 0.15) is 5.56 Å². The molecule has 1 aromatic heterocycles. The molecule has 23 heavy (non-hydrogen) atoms. The van der Waals surface area contributed by atoms with E-state index in [1.807, 2.05) is 35.5 Å². The van der Waals surface area contributed by atoms with Gasteiger partial charge in [-0.2, -0.15) is 0 Å². The van der Waals surface area contributed by atoms with Crippen LogP contribution >= 0.6 is 0 Å². The number of ether oxygens (including phenoxy) is 1. The molecule has 5 rings (SSSR count). The fourth-order valence-corrected chi connectivity index (χ4v) is 3.59. The normalized spacial score (nSPS) is 15.7. The zero-order chi connectivity index (χ0) is 15.4. The summed E-state index contributed by atoms with van der Waals surface area (Å²) in [4.78, 5) is 18.2. The minimum Gasteiger partial charge on any atom is -0.482 e. The Bertz CT molecular complexity index is 959. The van der Waals surface area contributed by atoms with Crippen LogP contribution in [0.3, 0.4) is 0 Å². The summed E-state index contributed by atoms with van der Waals surface area (Å²) in [6.07, 6.45) is 4.66. The molecule has 0 saturated carbocycles. The molecule has 2 aromatic carbocycles. The Balaban J connectivity index is 1.75. The van der Waals surface area contributed by atoms with Crippen molar-refractivity contribution >= 4 is 22.4 Å². The van der Waals surface area contributed by atoms with Crippen LogP contribution in [0.15, 0.2) is 48.8 Å². The first-order chi connectivity index (χ1) is 11.3. The maximum atomic E-state index is 11.9. The van der Waals surface area contributed by atoms with Crippen molar-refractivity contribution < 1.29 is 9.53 Å². The molecule has 0 N–H and O–H groups in total. The fourth-order valence-electron chi connectivity index (χ4n) is 3.59. The van der Waals surface area contributed by atoms with Crippen LogP contribution in [-0.4, -0.2) is 24.0 Å². The Kier molecular flexibility index (Phi) is 2.50. The minimum absolute atomic E-state index is 0.0517. The minimum atomic E-state index is 0.0517. The second kappa shape index (κ2) is 4.56. The summed E-state index contributed by atoms with van der Waals surface area (Å²) in [5.74, 6) is 0.860. The lowest BCUT2D eigenvalue weighted by molar-refractivity contribution is -0.121. The number of benzene rings is 2. The number of rotatable bonds is 1. The lowest BCUT2D eigenvalue weighted by atomic mass is 9.98. The zero-order valence-corrected chi connectivity index (χ0v) is 12.5. The predicted octanol–water partition coefficient (Wildman–Crippen LogP) is 3.18. The van der Waals surface area contributed by atoms with E-state index < -0.39 is 0 Å². The summed E-state index contributed by atoms with van der Waals surface area (Å²) in [6.45, 7) is 0.880. The van der Waals surface area contributed by atoms with Crippen LogP contribution in [0.5, 0.6) is 5.75 Å². The number of aromatic nitrogens is 1. The first kappa shape index (κ1) is 12.6. The monoisotopic (exact) mass is 302 g/mol. The average Bonchev–Trinajstić information content (AvgIpc) is 3.03. The average molecular weight is 302 g/mol. The van der Waals surface area contributed by atoms with E-state index in [1.54, 1.807) is 0 Å². The maximum absolute atomic E-state index is 11.9. The molecule has 0 unspecified atom stereocenters. The zero-order valence-electron chi connectivity index (χ0n) is 12.5. The third-order valence-corrected chi connectivity index (χ3v) is 4.66. The Labute approximate surface area is 133 Å². The van der Waals surface area contributed by atoms with Crippen LogP contribution in [0.4, 0.5) is 5.69 Å². The van der Waals surface area contributed by atoms with E-state index in [0.29, 0.717) is 0 Å². The Morgan fingerprint density at radius 3 is 3.00 bits per heavy atom. The molecule has 4 heteroatoms. The summed E-state index contributed by atoms with van der Waals surface area (Å²) in [7, 11) is 0. The number of hydrogen-bond acceptors (Lipinski definition) is 3. The van der Waals surface area contributed by atoms with Crippen LogP contribution in [0.2, 0.25) is 0 Å². The number of carbonyl (C=O) groups excluding carboxylic acids is 1. The summed E-state index contributed by atoms with van der Waals surface area (Å²) in [5.41, 5.74) is 4.33. The van der Waals surface area contributed by atoms with Crippen LogP contribution in [0, 0.1) is 0 Å². The molecule has 0 aliphatic carbocycles. The van der Waals surface area contributed by atoms with Gasteiger partial charge in [-0.15, -0.1) is 0 Å². The van der Waals surface area contributed by atoms with Crippen molar-refractivity contribution in [1.82, 2.24) is 4.98 Å². The van der Waals surface area contributed by atoms with Gasteiger partial charge in [0.1, 0.15) is 5.75 Å². The van der Waals surface area contributed by atoms with Gasteiger partial charge in [0.2, 0.25) is 0 Å². The summed E-state index contributed by atoms with van der Waals surface area (Å²) in [6, 6.07) is 12.5. The second-order valence-corrected chi connectivity index (χ2v) is 5.97. The molecular weight excluding hydrogens is 288 g/mol. The number of amides is 1. The van der Waals surface area contributed by atoms with Gasteiger partial charge >= 0.3 is 0 Å². The van der Waals surface area contributed by atoms with Crippen molar-refractivity contribution in [2.75, 3.05) is 18.1 Å². The Morgan fingerprint density at radius 2 is 2.04 bits per heavy atom. The molecule has 1 amide bonds. The van der Waals surface area contributed by atoms with Gasteiger partial charge in [0.15, 0.2) is 6.61 Å². The van der Waals surface area contributed by atoms with Crippen molar-refractivity contribution in [1.29, 1.82) is 0 Å². The number of hydrogen-bond donors (Lipinski definition) is 0. The van der Waals surface area contributed by atoms with Gasteiger partial charge in [0.05, 0.1) is 5.69 Å². The van der Waals surface area contributed by atoms with Crippen molar-refractivity contribution in [2.45, 2.75) is 6.42 Å². The lowest BCUT2D eigenvalue weighted by Gasteiger charge is -2.26. The van der Waals surface area contributed by atoms with E-state index in [2.05, 4.69) is 23.2 Å². The molecule has 2 aliphatic heterocycles. The highest BCUT2D eigenvalue weighted by atomic mass is 16.5. The van der Waals surface area contributed by atoms with Gasteiger partial charge in [-0.25, -0.2) is 0 Å². The number of carbonyl (C=O) groups is 1. The maximum Gasteiger partial charge on any atom is 0.265 e. The highest BCUT2D eigenvalue weighted by molar-refractivity contribution is 6.02. The lowest BCUT2D eigenvalue weighted by Crippen LogP contribution is -2.36. The van der Waals surface area contributed by atoms with Crippen LogP contribution in [-0.2, 0) is 11.2 Å². The van der Waals surface area contributed by atoms with Gasteiger partial charge in [0.25, 0.3) is 5.91 Å². The number of nitrogens with zero attached hydrogens (tertiary/aromatic N) is 2. The van der Waals surface area contributed by atoms with E-state index in [4.69, 9.17) is 4.74 Å². The molecule has 3 heterocycles. The number of anilines is 1. The summed E-state index contributed by atoms with van der Waals surface area (Å²) in [5, 5.41) is 2.30. The van der Waals surface area contributed by atoms with Crippen molar-refractivity contribution in [2.24, 2.45) is 0 Å². The van der Waals surface area contributed by atoms with E-state index in [1.165, 1.54) is 10.9 Å². The first-order valence-electron chi connectivity index (χ1n) is 7.74. The topological polar surface area (TPSA) is 42.4 Å². The van der Waals surface area contributed by atoms with Gasteiger partial charge in [-0.1, -0.05) is 24.3 Å². The molecule has 112 valence electrons. The van der Waals surface area contributed by atoms with E-state index >= 15 is 0 Å². The van der Waals surface area contributed by atoms with Crippen LogP contribution in [0.25, 0.3) is 21.9 Å². The predicted molar refractivity (Wildman–Crippen MR) is 88.7 cm³/mol. The molecule has 4 nitrogen and oxygen atoms in total. The van der Waals surface area contributed by atoms with Gasteiger partial charge in [-0.3, -0.25) is 9.78 Å². The molecule has 0 bridgehead atoms.